The van der Waals surface area contributed by atoms with Crippen LogP contribution in [0.5, 0.6) is 5.75 Å². The van der Waals surface area contributed by atoms with Crippen LogP contribution in [0.4, 0.5) is 10.5 Å². The van der Waals surface area contributed by atoms with Crippen LogP contribution >= 0.6 is 11.8 Å². The Labute approximate surface area is 274 Å². The van der Waals surface area contributed by atoms with Gasteiger partial charge in [-0.25, -0.2) is 4.79 Å². The Hall–Kier alpha value is -4.10. The molecular weight excluding hydrogens is 606 g/mol. The highest BCUT2D eigenvalue weighted by molar-refractivity contribution is 7.99. The Kier molecular flexibility index (Phi) is 12.1. The molecule has 3 aromatic carbocycles. The summed E-state index contributed by atoms with van der Waals surface area (Å²) >= 11 is 1.48. The first-order valence-corrected chi connectivity index (χ1v) is 16.1. The third-order valence-electron chi connectivity index (χ3n) is 7.68. The number of ether oxygens (including phenoxy) is 1. The molecule has 0 bridgehead atoms. The number of carbonyl (C=O) groups is 3. The molecule has 0 aromatic heterocycles. The van der Waals surface area contributed by atoms with Gasteiger partial charge in [0.25, 0.3) is 5.91 Å². The van der Waals surface area contributed by atoms with Gasteiger partial charge in [-0.2, -0.15) is 0 Å². The number of fused-ring (bicyclic) bond motifs is 1. The molecule has 0 spiro atoms. The number of aliphatic hydroxyl groups excluding tert-OH is 2. The Morgan fingerprint density at radius 1 is 1.11 bits per heavy atom. The lowest BCUT2D eigenvalue weighted by atomic mass is 9.98. The zero-order valence-corrected chi connectivity index (χ0v) is 27.4. The fraction of sp³-hybridized carbons (Fsp3) is 0.382. The first-order valence-electron chi connectivity index (χ1n) is 15.1. The molecule has 0 unspecified atom stereocenters. The van der Waals surface area contributed by atoms with Crippen molar-refractivity contribution in [1.29, 1.82) is 0 Å². The maximum Gasteiger partial charge on any atom is 0.314 e. The summed E-state index contributed by atoms with van der Waals surface area (Å²) in [6.45, 7) is 4.08. The molecule has 246 valence electrons. The van der Waals surface area contributed by atoms with E-state index in [4.69, 9.17) is 9.84 Å². The SMILES string of the molecule is CNC(=O)NCc1ccccc1-c1ccc(CN2C(=O)[C@H](NC(=O)CC(C)(C)NC[C@H](O)CO)CSc3cc(OC)ccc32)cc1. The molecule has 1 heterocycles. The molecule has 0 saturated heterocycles. The van der Waals surface area contributed by atoms with E-state index in [1.165, 1.54) is 11.8 Å². The predicted octanol–water partition coefficient (Wildman–Crippen LogP) is 3.03. The summed E-state index contributed by atoms with van der Waals surface area (Å²) in [5.41, 5.74) is 3.93. The van der Waals surface area contributed by atoms with Gasteiger partial charge >= 0.3 is 6.03 Å². The first kappa shape index (κ1) is 34.8. The van der Waals surface area contributed by atoms with E-state index in [2.05, 4.69) is 21.3 Å². The van der Waals surface area contributed by atoms with E-state index in [9.17, 15) is 19.5 Å². The number of urea groups is 1. The zero-order valence-electron chi connectivity index (χ0n) is 26.6. The van der Waals surface area contributed by atoms with Crippen molar-refractivity contribution in [3.8, 4) is 16.9 Å². The van der Waals surface area contributed by atoms with E-state index < -0.39 is 17.7 Å². The lowest BCUT2D eigenvalue weighted by Gasteiger charge is -2.29. The van der Waals surface area contributed by atoms with Crippen molar-refractivity contribution < 1.29 is 29.3 Å². The van der Waals surface area contributed by atoms with Crippen molar-refractivity contribution >= 4 is 35.3 Å². The number of methoxy groups -OCH3 is 1. The molecule has 0 fully saturated rings. The summed E-state index contributed by atoms with van der Waals surface area (Å²) in [5.74, 6) is 0.499. The van der Waals surface area contributed by atoms with Crippen LogP contribution in [-0.2, 0) is 22.7 Å². The van der Waals surface area contributed by atoms with E-state index in [1.807, 2.05) is 80.6 Å². The summed E-state index contributed by atoms with van der Waals surface area (Å²) in [4.78, 5) is 41.5. The number of amides is 4. The predicted molar refractivity (Wildman–Crippen MR) is 180 cm³/mol. The second-order valence-corrected chi connectivity index (χ2v) is 12.8. The largest absolute Gasteiger partial charge is 0.497 e. The van der Waals surface area contributed by atoms with Crippen molar-refractivity contribution in [2.24, 2.45) is 0 Å². The number of carbonyl (C=O) groups excluding carboxylic acids is 3. The van der Waals surface area contributed by atoms with E-state index in [1.54, 1.807) is 19.1 Å². The summed E-state index contributed by atoms with van der Waals surface area (Å²) in [5, 5.41) is 30.2. The van der Waals surface area contributed by atoms with Crippen molar-refractivity contribution in [2.75, 3.05) is 38.0 Å². The van der Waals surface area contributed by atoms with Crippen LogP contribution in [0.1, 0.15) is 31.4 Å². The van der Waals surface area contributed by atoms with Gasteiger partial charge in [0.05, 0.1) is 32.1 Å². The standard InChI is InChI=1S/C34H43N5O6S/c1-34(2,37-18-25(41)20-40)16-31(42)38-28-21-46-30-15-26(45-4)13-14-29(30)39(32(28)43)19-22-9-11-23(12-10-22)27-8-6-5-7-24(27)17-36-33(44)35-3/h5-15,25,28,37,40-41H,16-21H2,1-4H3,(H,38,42)(H2,35,36,44)/t25-,28+/m0/s1. The molecule has 12 heteroatoms. The molecule has 4 rings (SSSR count). The van der Waals surface area contributed by atoms with Gasteiger partial charge in [0.1, 0.15) is 11.8 Å². The molecule has 3 aromatic rings. The topological polar surface area (TPSA) is 152 Å². The molecule has 0 saturated carbocycles. The summed E-state index contributed by atoms with van der Waals surface area (Å²) in [6.07, 6.45) is -0.858. The van der Waals surface area contributed by atoms with Gasteiger partial charge < -0.3 is 41.1 Å². The number of nitrogens with one attached hydrogen (secondary N) is 4. The number of rotatable bonds is 13. The number of nitrogens with zero attached hydrogens (tertiary/aromatic N) is 1. The molecule has 46 heavy (non-hydrogen) atoms. The van der Waals surface area contributed by atoms with Gasteiger partial charge in [0, 0.05) is 42.7 Å². The van der Waals surface area contributed by atoms with Crippen LogP contribution in [0.2, 0.25) is 0 Å². The van der Waals surface area contributed by atoms with E-state index >= 15 is 0 Å². The quantitative estimate of drug-likeness (QED) is 0.165. The zero-order chi connectivity index (χ0) is 33.3. The van der Waals surface area contributed by atoms with Gasteiger partial charge in [0.2, 0.25) is 5.91 Å². The molecule has 11 nitrogen and oxygen atoms in total. The first-order chi connectivity index (χ1) is 22.0. The van der Waals surface area contributed by atoms with E-state index in [0.717, 1.165) is 32.8 Å². The van der Waals surface area contributed by atoms with Gasteiger partial charge in [-0.1, -0.05) is 48.5 Å². The van der Waals surface area contributed by atoms with E-state index in [-0.39, 0.29) is 44.0 Å². The number of benzene rings is 3. The second-order valence-electron chi connectivity index (χ2n) is 11.8. The molecule has 1 aliphatic heterocycles. The fourth-order valence-corrected chi connectivity index (χ4v) is 6.24. The number of β-amino-alcohol motifs (C(OH)–C–C–N with tert-alkyl or cyclic N) is 1. The Morgan fingerprint density at radius 3 is 2.54 bits per heavy atom. The molecule has 1 aliphatic rings. The van der Waals surface area contributed by atoms with Crippen LogP contribution in [0, 0.1) is 0 Å². The Bertz CT molecular complexity index is 1520. The lowest BCUT2D eigenvalue weighted by molar-refractivity contribution is -0.128. The molecule has 2 atom stereocenters. The Balaban J connectivity index is 1.54. The summed E-state index contributed by atoms with van der Waals surface area (Å²) in [7, 11) is 3.17. The normalized spacial score (nSPS) is 15.4. The highest BCUT2D eigenvalue weighted by Gasteiger charge is 2.33. The van der Waals surface area contributed by atoms with Gasteiger partial charge in [-0.15, -0.1) is 11.8 Å². The number of thioether (sulfide) groups is 1. The van der Waals surface area contributed by atoms with Crippen LogP contribution < -0.4 is 30.9 Å². The van der Waals surface area contributed by atoms with Crippen LogP contribution in [0.15, 0.2) is 71.6 Å². The molecular formula is C34H43N5O6S. The summed E-state index contributed by atoms with van der Waals surface area (Å²) < 4.78 is 5.44. The number of hydrogen-bond acceptors (Lipinski definition) is 8. The second kappa shape index (κ2) is 15.9. The van der Waals surface area contributed by atoms with Crippen molar-refractivity contribution in [3.63, 3.8) is 0 Å². The monoisotopic (exact) mass is 649 g/mol. The molecule has 6 N–H and O–H groups in total. The van der Waals surface area contributed by atoms with Crippen LogP contribution in [-0.4, -0.2) is 78.8 Å². The van der Waals surface area contributed by atoms with Gasteiger partial charge in [0.15, 0.2) is 0 Å². The maximum atomic E-state index is 14.1. The van der Waals surface area contributed by atoms with E-state index in [0.29, 0.717) is 18.0 Å². The van der Waals surface area contributed by atoms with Crippen molar-refractivity contribution in [1.82, 2.24) is 21.3 Å². The number of anilines is 1. The van der Waals surface area contributed by atoms with Crippen molar-refractivity contribution in [3.05, 3.63) is 77.9 Å². The fourth-order valence-electron chi connectivity index (χ4n) is 5.14. The Morgan fingerprint density at radius 2 is 1.85 bits per heavy atom. The third-order valence-corrected chi connectivity index (χ3v) is 8.82. The molecule has 0 aliphatic carbocycles. The number of aliphatic hydroxyl groups is 2. The highest BCUT2D eigenvalue weighted by atomic mass is 32.2. The summed E-state index contributed by atoms with van der Waals surface area (Å²) in [6, 6.07) is 20.4. The van der Waals surface area contributed by atoms with Crippen LogP contribution in [0.3, 0.4) is 0 Å². The lowest BCUT2D eigenvalue weighted by Crippen LogP contribution is -2.52. The minimum absolute atomic E-state index is 0.0714. The molecule has 0 radical (unpaired) electrons. The van der Waals surface area contributed by atoms with Crippen molar-refractivity contribution in [2.45, 2.75) is 55.9 Å². The molecule has 4 amide bonds. The third kappa shape index (κ3) is 9.23. The van der Waals surface area contributed by atoms with Gasteiger partial charge in [-0.05, 0) is 54.3 Å². The average molecular weight is 650 g/mol. The van der Waals surface area contributed by atoms with Crippen LogP contribution in [0.25, 0.3) is 11.1 Å². The maximum absolute atomic E-state index is 14.1. The number of hydrogen-bond donors (Lipinski definition) is 6. The average Bonchev–Trinajstić information content (AvgIpc) is 3.18. The minimum Gasteiger partial charge on any atom is -0.497 e. The smallest absolute Gasteiger partial charge is 0.314 e. The highest BCUT2D eigenvalue weighted by Crippen LogP contribution is 2.38. The van der Waals surface area contributed by atoms with Gasteiger partial charge in [-0.3, -0.25) is 9.59 Å². The minimum atomic E-state index is -0.930.